The van der Waals surface area contributed by atoms with Gasteiger partial charge in [0.05, 0.1) is 12.6 Å². The fourth-order valence-electron chi connectivity index (χ4n) is 4.64. The van der Waals surface area contributed by atoms with Gasteiger partial charge in [-0.1, -0.05) is 67.5 Å². The van der Waals surface area contributed by atoms with Gasteiger partial charge in [0.25, 0.3) is 0 Å². The number of rotatable bonds is 9. The number of benzene rings is 2. The first kappa shape index (κ1) is 24.6. The Hall–Kier alpha value is -3.47. The number of hydrogen-bond donors (Lipinski definition) is 0. The lowest BCUT2D eigenvalue weighted by Gasteiger charge is -2.36. The summed E-state index contributed by atoms with van der Waals surface area (Å²) in [5, 5.41) is 4.34. The van der Waals surface area contributed by atoms with E-state index in [9.17, 15) is 0 Å². The Morgan fingerprint density at radius 1 is 0.971 bits per heavy atom. The van der Waals surface area contributed by atoms with Crippen molar-refractivity contribution in [1.82, 2.24) is 5.16 Å². The van der Waals surface area contributed by atoms with Gasteiger partial charge < -0.3 is 18.9 Å². The van der Waals surface area contributed by atoms with Gasteiger partial charge in [0.2, 0.25) is 0 Å². The highest BCUT2D eigenvalue weighted by Crippen LogP contribution is 2.36. The third-order valence-corrected chi connectivity index (χ3v) is 6.67. The predicted molar refractivity (Wildman–Crippen MR) is 141 cm³/mol. The Morgan fingerprint density at radius 3 is 2.37 bits per heavy atom. The number of allylic oxidation sites excluding steroid dienone is 2. The topological polar surface area (TPSA) is 47.7 Å². The summed E-state index contributed by atoms with van der Waals surface area (Å²) in [6.07, 6.45) is 3.90. The number of hydrogen-bond acceptors (Lipinski definition) is 5. The molecule has 0 radical (unpaired) electrons. The van der Waals surface area contributed by atoms with Gasteiger partial charge in [0.1, 0.15) is 12.4 Å². The zero-order chi connectivity index (χ0) is 24.9. The Morgan fingerprint density at radius 2 is 1.74 bits per heavy atom. The second kappa shape index (κ2) is 10.9. The molecule has 1 aliphatic rings. The van der Waals surface area contributed by atoms with Crippen molar-refractivity contribution in [1.29, 1.82) is 0 Å². The van der Waals surface area contributed by atoms with Crippen molar-refractivity contribution in [3.05, 3.63) is 94.3 Å². The highest BCUT2D eigenvalue weighted by atomic mass is 16.5. The number of ether oxygens (including phenoxy) is 2. The summed E-state index contributed by atoms with van der Waals surface area (Å²) in [6, 6.07) is 17.1. The third kappa shape index (κ3) is 5.00. The second-order valence-electron chi connectivity index (χ2n) is 8.88. The van der Waals surface area contributed by atoms with E-state index in [0.717, 1.165) is 52.8 Å². The SMILES string of the molecule is CCOC1=C(OCc2ccc(-c3ccccc3)c(CC)c2)C=C(CC)N(c2noc(C)c2C)C1C. The van der Waals surface area contributed by atoms with Crippen molar-refractivity contribution < 1.29 is 14.0 Å². The standard InChI is InChI=1S/C30H36N2O3/c1-7-24-17-23(15-16-27(24)25-13-11-10-12-14-25)19-34-28-18-26(8-2)32(21(5)29(28)33-9-3)30-20(4)22(6)35-31-30/h10-18,21H,7-9,19H2,1-6H3. The number of anilines is 1. The van der Waals surface area contributed by atoms with Crippen LogP contribution in [-0.2, 0) is 22.5 Å². The van der Waals surface area contributed by atoms with Crippen LogP contribution in [0.5, 0.6) is 0 Å². The summed E-state index contributed by atoms with van der Waals surface area (Å²) in [5.74, 6) is 3.28. The quantitative estimate of drug-likeness (QED) is 0.323. The van der Waals surface area contributed by atoms with Crippen molar-refractivity contribution in [2.24, 2.45) is 0 Å². The molecule has 5 nitrogen and oxygen atoms in total. The normalized spacial score (nSPS) is 15.9. The largest absolute Gasteiger partial charge is 0.492 e. The van der Waals surface area contributed by atoms with Crippen molar-refractivity contribution in [2.75, 3.05) is 11.5 Å². The smallest absolute Gasteiger partial charge is 0.180 e. The van der Waals surface area contributed by atoms with Crippen LogP contribution >= 0.6 is 0 Å². The molecule has 4 rings (SSSR count). The van der Waals surface area contributed by atoms with Crippen LogP contribution in [0.25, 0.3) is 11.1 Å². The van der Waals surface area contributed by atoms with Gasteiger partial charge in [-0.3, -0.25) is 0 Å². The summed E-state index contributed by atoms with van der Waals surface area (Å²) >= 11 is 0. The van der Waals surface area contributed by atoms with Crippen LogP contribution in [-0.4, -0.2) is 17.8 Å². The van der Waals surface area contributed by atoms with Crippen molar-refractivity contribution in [3.8, 4) is 11.1 Å². The molecule has 0 amide bonds. The molecule has 5 heteroatoms. The van der Waals surface area contributed by atoms with E-state index in [-0.39, 0.29) is 6.04 Å². The van der Waals surface area contributed by atoms with Gasteiger partial charge in [-0.25, -0.2) is 0 Å². The first-order valence-corrected chi connectivity index (χ1v) is 12.6. The molecule has 0 bridgehead atoms. The molecule has 0 spiro atoms. The van der Waals surface area contributed by atoms with Crippen molar-refractivity contribution >= 4 is 5.82 Å². The van der Waals surface area contributed by atoms with Crippen LogP contribution < -0.4 is 4.90 Å². The van der Waals surface area contributed by atoms with E-state index in [2.05, 4.69) is 85.4 Å². The number of aromatic nitrogens is 1. The molecule has 1 atom stereocenters. The van der Waals surface area contributed by atoms with Crippen LogP contribution in [0.15, 0.2) is 76.3 Å². The summed E-state index contributed by atoms with van der Waals surface area (Å²) in [7, 11) is 0. The first-order chi connectivity index (χ1) is 17.0. The minimum absolute atomic E-state index is 0.0558. The number of nitrogens with zero attached hydrogens (tertiary/aromatic N) is 2. The van der Waals surface area contributed by atoms with E-state index < -0.39 is 0 Å². The fraction of sp³-hybridized carbons (Fsp3) is 0.367. The molecule has 0 saturated carbocycles. The van der Waals surface area contributed by atoms with Gasteiger partial charge in [-0.15, -0.1) is 0 Å². The highest BCUT2D eigenvalue weighted by molar-refractivity contribution is 5.67. The maximum atomic E-state index is 6.41. The average Bonchev–Trinajstić information content (AvgIpc) is 3.22. The van der Waals surface area contributed by atoms with Crippen LogP contribution in [0.2, 0.25) is 0 Å². The lowest BCUT2D eigenvalue weighted by atomic mass is 9.96. The van der Waals surface area contributed by atoms with Crippen LogP contribution in [0.4, 0.5) is 5.82 Å². The average molecular weight is 473 g/mol. The molecule has 3 aromatic rings. The molecule has 0 aliphatic carbocycles. The second-order valence-corrected chi connectivity index (χ2v) is 8.88. The molecule has 184 valence electrons. The molecular formula is C30H36N2O3. The molecular weight excluding hydrogens is 436 g/mol. The Bertz CT molecular complexity index is 1220. The van der Waals surface area contributed by atoms with E-state index in [1.165, 1.54) is 16.7 Å². The minimum Gasteiger partial charge on any atom is -0.492 e. The Kier molecular flexibility index (Phi) is 7.64. The van der Waals surface area contributed by atoms with Gasteiger partial charge in [-0.2, -0.15) is 0 Å². The van der Waals surface area contributed by atoms with E-state index in [1.807, 2.05) is 20.8 Å². The molecule has 1 aliphatic heterocycles. The molecule has 1 aromatic heterocycles. The Balaban J connectivity index is 1.61. The van der Waals surface area contributed by atoms with E-state index in [4.69, 9.17) is 14.0 Å². The lowest BCUT2D eigenvalue weighted by molar-refractivity contribution is 0.146. The number of aryl methyl sites for hydroxylation is 2. The predicted octanol–water partition coefficient (Wildman–Crippen LogP) is 7.49. The zero-order valence-electron chi connectivity index (χ0n) is 21.7. The third-order valence-electron chi connectivity index (χ3n) is 6.67. The summed E-state index contributed by atoms with van der Waals surface area (Å²) in [6.45, 7) is 13.5. The Labute approximate surface area is 209 Å². The molecule has 35 heavy (non-hydrogen) atoms. The summed E-state index contributed by atoms with van der Waals surface area (Å²) in [4.78, 5) is 2.20. The van der Waals surface area contributed by atoms with Crippen LogP contribution in [0, 0.1) is 13.8 Å². The maximum absolute atomic E-state index is 6.41. The molecule has 2 heterocycles. The molecule has 0 saturated heterocycles. The minimum atomic E-state index is -0.0558. The molecule has 1 unspecified atom stereocenters. The monoisotopic (exact) mass is 472 g/mol. The summed E-state index contributed by atoms with van der Waals surface area (Å²) < 4.78 is 18.0. The van der Waals surface area contributed by atoms with Crippen molar-refractivity contribution in [3.63, 3.8) is 0 Å². The maximum Gasteiger partial charge on any atom is 0.180 e. The molecule has 2 aromatic carbocycles. The van der Waals surface area contributed by atoms with Gasteiger partial charge >= 0.3 is 0 Å². The lowest BCUT2D eigenvalue weighted by Crippen LogP contribution is -2.38. The van der Waals surface area contributed by atoms with Gasteiger partial charge in [0.15, 0.2) is 17.3 Å². The molecule has 0 fully saturated rings. The van der Waals surface area contributed by atoms with Gasteiger partial charge in [0, 0.05) is 17.3 Å². The van der Waals surface area contributed by atoms with Crippen LogP contribution in [0.3, 0.4) is 0 Å². The van der Waals surface area contributed by atoms with E-state index in [0.29, 0.717) is 13.2 Å². The van der Waals surface area contributed by atoms with E-state index >= 15 is 0 Å². The summed E-state index contributed by atoms with van der Waals surface area (Å²) in [5.41, 5.74) is 7.16. The van der Waals surface area contributed by atoms with E-state index in [1.54, 1.807) is 0 Å². The zero-order valence-corrected chi connectivity index (χ0v) is 21.7. The first-order valence-electron chi connectivity index (χ1n) is 12.6. The van der Waals surface area contributed by atoms with Crippen molar-refractivity contribution in [2.45, 2.75) is 67.0 Å². The van der Waals surface area contributed by atoms with Gasteiger partial charge in [-0.05, 0) is 62.8 Å². The highest BCUT2D eigenvalue weighted by Gasteiger charge is 2.33. The molecule has 0 N–H and O–H groups in total. The fourth-order valence-corrected chi connectivity index (χ4v) is 4.64. The van der Waals surface area contributed by atoms with Crippen LogP contribution in [0.1, 0.15) is 56.6 Å².